The average molecular weight is 466 g/mol. The Kier molecular flexibility index (Phi) is 7.26. The SMILES string of the molecule is Cc1cccc(Cl)c1C(=O)N(N)[C@@H](Cc1ccc(C(=O)c2c(C)ccnc2C)cc1)C(=O)O. The van der Waals surface area contributed by atoms with Gasteiger partial charge in [-0.15, -0.1) is 0 Å². The first-order valence-electron chi connectivity index (χ1n) is 10.2. The number of hydrazine groups is 1. The van der Waals surface area contributed by atoms with E-state index in [0.717, 1.165) is 5.56 Å². The molecule has 0 bridgehead atoms. The van der Waals surface area contributed by atoms with Crippen molar-refractivity contribution in [2.45, 2.75) is 33.2 Å². The van der Waals surface area contributed by atoms with Gasteiger partial charge in [-0.2, -0.15) is 0 Å². The molecule has 33 heavy (non-hydrogen) atoms. The van der Waals surface area contributed by atoms with Crippen LogP contribution >= 0.6 is 11.6 Å². The van der Waals surface area contributed by atoms with E-state index in [9.17, 15) is 19.5 Å². The van der Waals surface area contributed by atoms with E-state index in [2.05, 4.69) is 4.98 Å². The Bertz CT molecular complexity index is 1180. The van der Waals surface area contributed by atoms with E-state index >= 15 is 0 Å². The maximum atomic E-state index is 12.9. The summed E-state index contributed by atoms with van der Waals surface area (Å²) in [6.45, 7) is 5.32. The Balaban J connectivity index is 1.82. The van der Waals surface area contributed by atoms with Crippen LogP contribution in [-0.2, 0) is 11.2 Å². The Hall–Kier alpha value is -3.55. The Morgan fingerprint density at radius 3 is 2.21 bits per heavy atom. The molecule has 3 rings (SSSR count). The Morgan fingerprint density at radius 2 is 1.64 bits per heavy atom. The molecule has 0 aliphatic rings. The number of nitrogens with two attached hydrogens (primary N) is 1. The molecule has 1 amide bonds. The van der Waals surface area contributed by atoms with Crippen LogP contribution in [0.15, 0.2) is 54.7 Å². The van der Waals surface area contributed by atoms with Crippen molar-refractivity contribution >= 4 is 29.3 Å². The van der Waals surface area contributed by atoms with Crippen molar-refractivity contribution in [1.29, 1.82) is 0 Å². The number of hydrogen-bond acceptors (Lipinski definition) is 5. The van der Waals surface area contributed by atoms with Crippen LogP contribution in [0, 0.1) is 20.8 Å². The lowest BCUT2D eigenvalue weighted by Crippen LogP contribution is -2.51. The third kappa shape index (κ3) is 5.10. The number of halogens is 1. The first-order chi connectivity index (χ1) is 15.6. The highest BCUT2D eigenvalue weighted by atomic mass is 35.5. The number of carboxylic acid groups (broad SMARTS) is 1. The molecule has 8 heteroatoms. The molecule has 0 saturated heterocycles. The van der Waals surface area contributed by atoms with Crippen LogP contribution < -0.4 is 5.84 Å². The van der Waals surface area contributed by atoms with E-state index in [0.29, 0.717) is 33.0 Å². The molecule has 3 aromatic rings. The second-order valence-electron chi connectivity index (χ2n) is 7.82. The normalized spacial score (nSPS) is 11.7. The molecule has 0 radical (unpaired) electrons. The molecular formula is C25H24ClN3O4. The molecule has 1 aromatic heterocycles. The van der Waals surface area contributed by atoms with Crippen LogP contribution in [0.2, 0.25) is 5.02 Å². The maximum Gasteiger partial charge on any atom is 0.328 e. The van der Waals surface area contributed by atoms with Crippen molar-refractivity contribution in [3.8, 4) is 0 Å². The number of carbonyl (C=O) groups is 3. The molecule has 1 atom stereocenters. The van der Waals surface area contributed by atoms with Gasteiger partial charge in [0.2, 0.25) is 0 Å². The molecule has 0 unspecified atom stereocenters. The van der Waals surface area contributed by atoms with Crippen molar-refractivity contribution in [1.82, 2.24) is 9.99 Å². The third-order valence-corrected chi connectivity index (χ3v) is 5.83. The predicted molar refractivity (Wildman–Crippen MR) is 125 cm³/mol. The zero-order valence-corrected chi connectivity index (χ0v) is 19.3. The third-order valence-electron chi connectivity index (χ3n) is 5.51. The number of aromatic nitrogens is 1. The van der Waals surface area contributed by atoms with E-state index in [4.69, 9.17) is 17.4 Å². The minimum Gasteiger partial charge on any atom is -0.480 e. The van der Waals surface area contributed by atoms with Crippen molar-refractivity contribution in [2.75, 3.05) is 0 Å². The highest BCUT2D eigenvalue weighted by molar-refractivity contribution is 6.34. The molecule has 3 N–H and O–H groups in total. The highest BCUT2D eigenvalue weighted by Crippen LogP contribution is 2.22. The molecule has 170 valence electrons. The summed E-state index contributed by atoms with van der Waals surface area (Å²) in [4.78, 5) is 41.9. The topological polar surface area (TPSA) is 114 Å². The van der Waals surface area contributed by atoms with Crippen molar-refractivity contribution < 1.29 is 19.5 Å². The monoisotopic (exact) mass is 465 g/mol. The number of ketones is 1. The lowest BCUT2D eigenvalue weighted by Gasteiger charge is -2.25. The maximum absolute atomic E-state index is 12.9. The van der Waals surface area contributed by atoms with Gasteiger partial charge in [-0.3, -0.25) is 19.6 Å². The van der Waals surface area contributed by atoms with Gasteiger partial charge in [-0.1, -0.05) is 48.0 Å². The fraction of sp³-hybridized carbons (Fsp3) is 0.200. The van der Waals surface area contributed by atoms with Gasteiger partial charge < -0.3 is 5.11 Å². The summed E-state index contributed by atoms with van der Waals surface area (Å²) in [6.07, 6.45) is 1.61. The zero-order chi connectivity index (χ0) is 24.3. The molecular weight excluding hydrogens is 442 g/mol. The number of benzene rings is 2. The average Bonchev–Trinajstić information content (AvgIpc) is 2.76. The minimum atomic E-state index is -1.32. The number of hydrogen-bond donors (Lipinski definition) is 2. The predicted octanol–water partition coefficient (Wildman–Crippen LogP) is 3.90. The van der Waals surface area contributed by atoms with Crippen molar-refractivity contribution in [3.63, 3.8) is 0 Å². The summed E-state index contributed by atoms with van der Waals surface area (Å²) in [5, 5.41) is 10.6. The molecule has 0 spiro atoms. The lowest BCUT2D eigenvalue weighted by molar-refractivity contribution is -0.142. The smallest absolute Gasteiger partial charge is 0.328 e. The molecule has 1 heterocycles. The minimum absolute atomic E-state index is 0.0412. The van der Waals surface area contributed by atoms with Crippen LogP contribution in [0.3, 0.4) is 0 Å². The van der Waals surface area contributed by atoms with Gasteiger partial charge in [0.15, 0.2) is 5.78 Å². The van der Waals surface area contributed by atoms with E-state index in [1.54, 1.807) is 68.6 Å². The van der Waals surface area contributed by atoms with Gasteiger partial charge >= 0.3 is 5.97 Å². The number of carbonyl (C=O) groups excluding carboxylic acids is 2. The van der Waals surface area contributed by atoms with Gasteiger partial charge in [-0.25, -0.2) is 10.6 Å². The summed E-state index contributed by atoms with van der Waals surface area (Å²) >= 11 is 6.15. The second kappa shape index (κ2) is 9.94. The molecule has 0 aliphatic heterocycles. The summed E-state index contributed by atoms with van der Waals surface area (Å²) in [7, 11) is 0. The number of rotatable bonds is 7. The van der Waals surface area contributed by atoms with E-state index in [1.165, 1.54) is 0 Å². The number of nitrogens with zero attached hydrogens (tertiary/aromatic N) is 2. The molecule has 0 fully saturated rings. The highest BCUT2D eigenvalue weighted by Gasteiger charge is 2.30. The Morgan fingerprint density at radius 1 is 1.00 bits per heavy atom. The van der Waals surface area contributed by atoms with Crippen LogP contribution in [0.1, 0.15) is 48.7 Å². The largest absolute Gasteiger partial charge is 0.480 e. The van der Waals surface area contributed by atoms with E-state index < -0.39 is 17.9 Å². The molecule has 2 aromatic carbocycles. The van der Waals surface area contributed by atoms with Crippen molar-refractivity contribution in [2.24, 2.45) is 5.84 Å². The summed E-state index contributed by atoms with van der Waals surface area (Å²) in [6, 6.07) is 12.0. The van der Waals surface area contributed by atoms with Crippen LogP contribution in [0.25, 0.3) is 0 Å². The molecule has 7 nitrogen and oxygen atoms in total. The first-order valence-corrected chi connectivity index (χ1v) is 10.6. The first kappa shape index (κ1) is 24.1. The fourth-order valence-corrected chi connectivity index (χ4v) is 3.98. The lowest BCUT2D eigenvalue weighted by atomic mass is 9.96. The number of aliphatic carboxylic acids is 1. The number of carboxylic acids is 1. The van der Waals surface area contributed by atoms with Gasteiger partial charge in [0.1, 0.15) is 6.04 Å². The van der Waals surface area contributed by atoms with Crippen LogP contribution in [-0.4, -0.2) is 38.8 Å². The second-order valence-corrected chi connectivity index (χ2v) is 8.22. The number of pyridine rings is 1. The van der Waals surface area contributed by atoms with Gasteiger partial charge in [0.25, 0.3) is 5.91 Å². The van der Waals surface area contributed by atoms with Crippen LogP contribution in [0.4, 0.5) is 0 Å². The van der Waals surface area contributed by atoms with E-state index in [1.807, 2.05) is 6.92 Å². The summed E-state index contributed by atoms with van der Waals surface area (Å²) in [5.41, 5.74) is 3.83. The number of aryl methyl sites for hydroxylation is 3. The fourth-order valence-electron chi connectivity index (χ4n) is 3.68. The van der Waals surface area contributed by atoms with Gasteiger partial charge in [0.05, 0.1) is 10.6 Å². The van der Waals surface area contributed by atoms with Crippen molar-refractivity contribution in [3.05, 3.63) is 98.8 Å². The molecule has 0 aliphatic carbocycles. The van der Waals surface area contributed by atoms with E-state index in [-0.39, 0.29) is 22.8 Å². The summed E-state index contributed by atoms with van der Waals surface area (Å²) in [5.74, 6) is 3.85. The van der Waals surface area contributed by atoms with Crippen LogP contribution in [0.5, 0.6) is 0 Å². The zero-order valence-electron chi connectivity index (χ0n) is 18.5. The van der Waals surface area contributed by atoms with Gasteiger partial charge in [-0.05, 0) is 49.6 Å². The Labute approximate surface area is 196 Å². The number of amides is 1. The standard InChI is InChI=1S/C25H24ClN3O4/c1-14-5-4-6-19(26)22(14)24(31)29(27)20(25(32)33)13-17-7-9-18(10-8-17)23(30)21-15(2)11-12-28-16(21)3/h4-12,20H,13,27H2,1-3H3,(H,32,33)/t20-/m0/s1. The quantitative estimate of drug-likeness (QED) is 0.237. The molecule has 0 saturated carbocycles. The van der Waals surface area contributed by atoms with Gasteiger partial charge in [0, 0.05) is 29.4 Å². The summed E-state index contributed by atoms with van der Waals surface area (Å²) < 4.78 is 0.